The van der Waals surface area contributed by atoms with Gasteiger partial charge in [0.15, 0.2) is 0 Å². The summed E-state index contributed by atoms with van der Waals surface area (Å²) < 4.78 is 6.05. The Bertz CT molecular complexity index is 740. The first-order valence-corrected chi connectivity index (χ1v) is 8.03. The second-order valence-corrected chi connectivity index (χ2v) is 6.02. The molecule has 3 rings (SSSR count). The minimum absolute atomic E-state index is 0.459. The monoisotopic (exact) mass is 314 g/mol. The summed E-state index contributed by atoms with van der Waals surface area (Å²) in [7, 11) is 1.86. The van der Waals surface area contributed by atoms with E-state index >= 15 is 0 Å². The highest BCUT2D eigenvalue weighted by Gasteiger charge is 2.33. The number of rotatable bonds is 6. The van der Waals surface area contributed by atoms with E-state index < -0.39 is 5.79 Å². The van der Waals surface area contributed by atoms with Gasteiger partial charge >= 0.3 is 0 Å². The molecule has 0 radical (unpaired) electrons. The number of thiophene rings is 1. The van der Waals surface area contributed by atoms with Crippen molar-refractivity contribution in [3.8, 4) is 5.75 Å². The highest BCUT2D eigenvalue weighted by Crippen LogP contribution is 2.35. The van der Waals surface area contributed by atoms with Crippen LogP contribution in [0.3, 0.4) is 0 Å². The van der Waals surface area contributed by atoms with Gasteiger partial charge in [-0.25, -0.2) is 0 Å². The minimum Gasteiger partial charge on any atom is -0.457 e. The second-order valence-electron chi connectivity index (χ2n) is 5.07. The molecular formula is C17H18N2O2S. The molecule has 0 aliphatic carbocycles. The third kappa shape index (κ3) is 2.97. The lowest BCUT2D eigenvalue weighted by molar-refractivity contribution is -0.146. The molecule has 114 valence electrons. The van der Waals surface area contributed by atoms with Gasteiger partial charge in [-0.1, -0.05) is 18.2 Å². The molecule has 2 heterocycles. The van der Waals surface area contributed by atoms with Crippen molar-refractivity contribution in [3.05, 3.63) is 59.0 Å². The Balaban J connectivity index is 1.99. The predicted molar refractivity (Wildman–Crippen MR) is 89.1 cm³/mol. The van der Waals surface area contributed by atoms with E-state index in [1.165, 1.54) is 11.3 Å². The third-order valence-corrected chi connectivity index (χ3v) is 4.54. The molecule has 0 saturated carbocycles. The van der Waals surface area contributed by atoms with Gasteiger partial charge in [0.2, 0.25) is 5.79 Å². The lowest BCUT2D eigenvalue weighted by Crippen LogP contribution is -2.35. The van der Waals surface area contributed by atoms with Gasteiger partial charge in [0.25, 0.3) is 0 Å². The predicted octanol–water partition coefficient (Wildman–Crippen LogP) is 3.13. The van der Waals surface area contributed by atoms with Gasteiger partial charge in [0.05, 0.1) is 4.88 Å². The average molecular weight is 314 g/mol. The smallest absolute Gasteiger partial charge is 0.245 e. The number of ether oxygens (including phenoxy) is 1. The quantitative estimate of drug-likeness (QED) is 0.686. The van der Waals surface area contributed by atoms with Gasteiger partial charge < -0.3 is 15.2 Å². The van der Waals surface area contributed by atoms with Gasteiger partial charge in [-0.15, -0.1) is 11.3 Å². The van der Waals surface area contributed by atoms with Gasteiger partial charge in [0.1, 0.15) is 5.75 Å². The Labute approximate surface area is 133 Å². The Hall–Kier alpha value is -1.95. The molecule has 0 aliphatic heterocycles. The van der Waals surface area contributed by atoms with E-state index in [0.717, 1.165) is 15.6 Å². The van der Waals surface area contributed by atoms with Gasteiger partial charge in [0, 0.05) is 30.7 Å². The van der Waals surface area contributed by atoms with E-state index in [0.29, 0.717) is 18.7 Å². The number of pyridine rings is 1. The molecule has 3 aromatic rings. The van der Waals surface area contributed by atoms with Gasteiger partial charge in [-0.05, 0) is 36.0 Å². The molecule has 2 aromatic heterocycles. The fourth-order valence-corrected chi connectivity index (χ4v) is 3.16. The lowest BCUT2D eigenvalue weighted by Gasteiger charge is -2.28. The molecule has 5 heteroatoms. The maximum atomic E-state index is 11.0. The molecule has 1 unspecified atom stereocenters. The van der Waals surface area contributed by atoms with Crippen LogP contribution < -0.4 is 10.1 Å². The number of benzene rings is 1. The number of fused-ring (bicyclic) bond motifs is 1. The molecule has 1 aromatic carbocycles. The number of hydrogen-bond acceptors (Lipinski definition) is 5. The molecule has 0 saturated heterocycles. The summed E-state index contributed by atoms with van der Waals surface area (Å²) >= 11 is 1.49. The maximum Gasteiger partial charge on any atom is 0.245 e. The molecule has 0 fully saturated rings. The molecule has 2 N–H and O–H groups in total. The van der Waals surface area contributed by atoms with Crippen LogP contribution in [-0.4, -0.2) is 23.7 Å². The molecule has 0 spiro atoms. The van der Waals surface area contributed by atoms with Crippen molar-refractivity contribution < 1.29 is 9.84 Å². The van der Waals surface area contributed by atoms with Crippen molar-refractivity contribution >= 4 is 22.1 Å². The van der Waals surface area contributed by atoms with Crippen LogP contribution in [-0.2, 0) is 5.79 Å². The zero-order valence-corrected chi connectivity index (χ0v) is 13.1. The lowest BCUT2D eigenvalue weighted by atomic mass is 10.1. The number of aliphatic hydroxyl groups is 1. The average Bonchev–Trinajstić information content (AvgIpc) is 3.09. The van der Waals surface area contributed by atoms with Crippen LogP contribution in [0, 0.1) is 0 Å². The zero-order valence-electron chi connectivity index (χ0n) is 12.3. The molecule has 0 aliphatic rings. The molecule has 1 atom stereocenters. The molecule has 0 bridgehead atoms. The highest BCUT2D eigenvalue weighted by atomic mass is 32.1. The normalized spacial score (nSPS) is 13.9. The summed E-state index contributed by atoms with van der Waals surface area (Å²) in [6.45, 7) is 0.650. The van der Waals surface area contributed by atoms with Crippen LogP contribution in [0.5, 0.6) is 5.75 Å². The summed E-state index contributed by atoms with van der Waals surface area (Å²) in [6.07, 6.45) is 3.97. The zero-order chi connectivity index (χ0) is 15.4. The number of aromatic nitrogens is 1. The summed E-state index contributed by atoms with van der Waals surface area (Å²) in [6, 6.07) is 11.5. The fourth-order valence-electron chi connectivity index (χ4n) is 2.38. The number of nitrogens with one attached hydrogen (secondary N) is 1. The summed E-state index contributed by atoms with van der Waals surface area (Å²) in [4.78, 5) is 4.95. The van der Waals surface area contributed by atoms with E-state index in [-0.39, 0.29) is 0 Å². The van der Waals surface area contributed by atoms with E-state index in [2.05, 4.69) is 10.3 Å². The Kier molecular flexibility index (Phi) is 4.38. The summed E-state index contributed by atoms with van der Waals surface area (Å²) in [5.74, 6) is -0.709. The molecule has 0 amide bonds. The Morgan fingerprint density at radius 3 is 2.95 bits per heavy atom. The van der Waals surface area contributed by atoms with E-state index in [4.69, 9.17) is 4.74 Å². The van der Waals surface area contributed by atoms with Crippen molar-refractivity contribution in [2.45, 2.75) is 12.2 Å². The summed E-state index contributed by atoms with van der Waals surface area (Å²) in [5, 5.41) is 18.0. The van der Waals surface area contributed by atoms with E-state index in [1.807, 2.05) is 48.8 Å². The number of nitrogens with zero attached hydrogens (tertiary/aromatic N) is 1. The highest BCUT2D eigenvalue weighted by molar-refractivity contribution is 7.10. The third-order valence-electron chi connectivity index (χ3n) is 3.54. The molecular weight excluding hydrogens is 296 g/mol. The first-order chi connectivity index (χ1) is 10.7. The van der Waals surface area contributed by atoms with Crippen molar-refractivity contribution in [3.63, 3.8) is 0 Å². The molecule has 22 heavy (non-hydrogen) atoms. The fraction of sp³-hybridized carbons (Fsp3) is 0.235. The van der Waals surface area contributed by atoms with E-state index in [1.54, 1.807) is 12.4 Å². The van der Waals surface area contributed by atoms with Gasteiger partial charge in [-0.2, -0.15) is 0 Å². The van der Waals surface area contributed by atoms with Crippen LogP contribution in [0.1, 0.15) is 11.3 Å². The van der Waals surface area contributed by atoms with Crippen LogP contribution in [0.25, 0.3) is 10.8 Å². The van der Waals surface area contributed by atoms with Crippen LogP contribution in [0.2, 0.25) is 0 Å². The first-order valence-electron chi connectivity index (χ1n) is 7.16. The van der Waals surface area contributed by atoms with Crippen LogP contribution in [0.15, 0.2) is 54.2 Å². The number of hydrogen-bond donors (Lipinski definition) is 2. The topological polar surface area (TPSA) is 54.4 Å². The maximum absolute atomic E-state index is 11.0. The largest absolute Gasteiger partial charge is 0.457 e. The summed E-state index contributed by atoms with van der Waals surface area (Å²) in [5.41, 5.74) is 0. The Morgan fingerprint density at radius 1 is 1.27 bits per heavy atom. The SMILES string of the molecule is CNCCC(O)(Oc1cccc2ccncc12)c1cccs1. The standard InChI is InChI=1S/C17H18N2O2S/c1-18-10-8-17(20,16-6-3-11-22-16)21-15-5-2-4-13-7-9-19-12-14(13)15/h2-7,9,11-12,18,20H,8,10H2,1H3. The Morgan fingerprint density at radius 2 is 2.18 bits per heavy atom. The van der Waals surface area contributed by atoms with Crippen molar-refractivity contribution in [2.24, 2.45) is 0 Å². The van der Waals surface area contributed by atoms with E-state index in [9.17, 15) is 5.11 Å². The van der Waals surface area contributed by atoms with Crippen molar-refractivity contribution in [1.82, 2.24) is 10.3 Å². The second kappa shape index (κ2) is 6.44. The minimum atomic E-state index is -1.35. The molecule has 4 nitrogen and oxygen atoms in total. The van der Waals surface area contributed by atoms with Crippen LogP contribution >= 0.6 is 11.3 Å². The van der Waals surface area contributed by atoms with Crippen molar-refractivity contribution in [1.29, 1.82) is 0 Å². The first kappa shape index (κ1) is 15.0. The van der Waals surface area contributed by atoms with Crippen LogP contribution in [0.4, 0.5) is 0 Å². The van der Waals surface area contributed by atoms with Crippen molar-refractivity contribution in [2.75, 3.05) is 13.6 Å². The van der Waals surface area contributed by atoms with Gasteiger partial charge in [-0.3, -0.25) is 4.98 Å².